The Labute approximate surface area is 154 Å². The van der Waals surface area contributed by atoms with Crippen LogP contribution in [-0.2, 0) is 0 Å². The molecule has 2 nitrogen and oxygen atoms in total. The number of hydrogen-bond donors (Lipinski definition) is 0. The molecule has 2 aromatic rings. The van der Waals surface area contributed by atoms with Crippen molar-refractivity contribution in [3.05, 3.63) is 35.9 Å². The molecule has 0 radical (unpaired) electrons. The molecule has 0 aromatic heterocycles. The van der Waals surface area contributed by atoms with Gasteiger partial charge in [0.05, 0.1) is 13.2 Å². The minimum Gasteiger partial charge on any atom is -0.493 e. The number of hydrogen-bond acceptors (Lipinski definition) is 2. The Balaban J connectivity index is 2.09. The van der Waals surface area contributed by atoms with Crippen LogP contribution in [0.5, 0.6) is 11.5 Å². The first-order valence-electron chi connectivity index (χ1n) is 8.96. The third-order valence-corrected chi connectivity index (χ3v) is 4.51. The average Bonchev–Trinajstić information content (AvgIpc) is 2.56. The zero-order valence-electron chi connectivity index (χ0n) is 15.1. The Morgan fingerprint density at radius 2 is 1.58 bits per heavy atom. The van der Waals surface area contributed by atoms with Gasteiger partial charge in [0.1, 0.15) is 11.5 Å². The summed E-state index contributed by atoms with van der Waals surface area (Å²) in [7, 11) is 0. The second-order valence-electron chi connectivity index (χ2n) is 6.77. The molecule has 3 heteroatoms. The van der Waals surface area contributed by atoms with Gasteiger partial charge >= 0.3 is 0 Å². The van der Waals surface area contributed by atoms with Crippen molar-refractivity contribution in [3.8, 4) is 11.5 Å². The van der Waals surface area contributed by atoms with E-state index in [1.807, 2.05) is 6.07 Å². The minimum atomic E-state index is 0.515. The number of ether oxygens (including phenoxy) is 2. The molecule has 24 heavy (non-hydrogen) atoms. The molecular formula is C21H29BrO2. The predicted molar refractivity (Wildman–Crippen MR) is 107 cm³/mol. The summed E-state index contributed by atoms with van der Waals surface area (Å²) in [5.41, 5.74) is 1.24. The monoisotopic (exact) mass is 392 g/mol. The molecule has 0 heterocycles. The topological polar surface area (TPSA) is 18.5 Å². The van der Waals surface area contributed by atoms with Crippen LogP contribution in [0.3, 0.4) is 0 Å². The van der Waals surface area contributed by atoms with Gasteiger partial charge in [-0.15, -0.1) is 0 Å². The average molecular weight is 393 g/mol. The Hall–Kier alpha value is -1.22. The lowest BCUT2D eigenvalue weighted by Crippen LogP contribution is -2.05. The Bertz CT molecular complexity index is 637. The summed E-state index contributed by atoms with van der Waals surface area (Å²) in [6.45, 7) is 7.96. The van der Waals surface area contributed by atoms with Crippen molar-refractivity contribution in [2.45, 2.75) is 46.5 Å². The number of alkyl halides is 1. The highest BCUT2D eigenvalue weighted by molar-refractivity contribution is 9.09. The Morgan fingerprint density at radius 3 is 2.29 bits per heavy atom. The summed E-state index contributed by atoms with van der Waals surface area (Å²) >= 11 is 3.47. The maximum Gasteiger partial charge on any atom is 0.127 e. The maximum atomic E-state index is 6.07. The molecule has 0 fully saturated rings. The number of fused-ring (bicyclic) bond motifs is 1. The van der Waals surface area contributed by atoms with Crippen molar-refractivity contribution >= 4 is 26.7 Å². The van der Waals surface area contributed by atoms with Crippen molar-refractivity contribution in [2.75, 3.05) is 18.5 Å². The van der Waals surface area contributed by atoms with Crippen LogP contribution < -0.4 is 9.47 Å². The lowest BCUT2D eigenvalue weighted by molar-refractivity contribution is 0.273. The molecule has 0 aliphatic carbocycles. The predicted octanol–water partition coefficient (Wildman–Crippen LogP) is 6.52. The number of rotatable bonds is 10. The molecule has 132 valence electrons. The molecule has 0 unspecified atom stereocenters. The second-order valence-corrected chi connectivity index (χ2v) is 7.56. The molecule has 0 saturated heterocycles. The first-order chi connectivity index (χ1) is 11.6. The van der Waals surface area contributed by atoms with E-state index < -0.39 is 0 Å². The molecule has 0 aliphatic heterocycles. The van der Waals surface area contributed by atoms with E-state index >= 15 is 0 Å². The summed E-state index contributed by atoms with van der Waals surface area (Å²) in [4.78, 5) is 0. The summed E-state index contributed by atoms with van der Waals surface area (Å²) < 4.78 is 12.1. The van der Waals surface area contributed by atoms with Gasteiger partial charge in [-0.05, 0) is 43.9 Å². The highest BCUT2D eigenvalue weighted by Gasteiger charge is 2.09. The van der Waals surface area contributed by atoms with Crippen molar-refractivity contribution in [1.29, 1.82) is 0 Å². The molecule has 0 spiro atoms. The van der Waals surface area contributed by atoms with Crippen LogP contribution in [0.4, 0.5) is 0 Å². The van der Waals surface area contributed by atoms with Gasteiger partial charge in [-0.25, -0.2) is 0 Å². The normalized spacial score (nSPS) is 11.2. The standard InChI is InChI=1S/C21H29BrO2/c1-16(2)15-24-20-10-11-21(23-13-7-5-4-6-12-22)19-14-17(3)8-9-18(19)20/h8-11,14,16H,4-7,12-13,15H2,1-3H3. The lowest BCUT2D eigenvalue weighted by atomic mass is 10.1. The largest absolute Gasteiger partial charge is 0.493 e. The fraction of sp³-hybridized carbons (Fsp3) is 0.524. The van der Waals surface area contributed by atoms with Crippen molar-refractivity contribution < 1.29 is 9.47 Å². The zero-order chi connectivity index (χ0) is 17.4. The van der Waals surface area contributed by atoms with E-state index in [9.17, 15) is 0 Å². The van der Waals surface area contributed by atoms with Crippen LogP contribution in [-0.4, -0.2) is 18.5 Å². The van der Waals surface area contributed by atoms with E-state index in [1.54, 1.807) is 0 Å². The van der Waals surface area contributed by atoms with Crippen LogP contribution in [0.2, 0.25) is 0 Å². The molecule has 0 N–H and O–H groups in total. The molecule has 0 amide bonds. The molecule has 0 aliphatic rings. The molecule has 2 rings (SSSR count). The highest BCUT2D eigenvalue weighted by atomic mass is 79.9. The van der Waals surface area contributed by atoms with E-state index in [-0.39, 0.29) is 0 Å². The van der Waals surface area contributed by atoms with Gasteiger partial charge in [0.25, 0.3) is 0 Å². The summed E-state index contributed by atoms with van der Waals surface area (Å²) in [6, 6.07) is 10.6. The fourth-order valence-corrected chi connectivity index (χ4v) is 3.04. The molecular weight excluding hydrogens is 364 g/mol. The van der Waals surface area contributed by atoms with E-state index in [1.165, 1.54) is 24.8 Å². The molecule has 2 aromatic carbocycles. The fourth-order valence-electron chi connectivity index (χ4n) is 2.65. The molecule has 0 atom stereocenters. The quantitative estimate of drug-likeness (QED) is 0.338. The van der Waals surface area contributed by atoms with Crippen LogP contribution >= 0.6 is 15.9 Å². The van der Waals surface area contributed by atoms with E-state index in [0.29, 0.717) is 5.92 Å². The van der Waals surface area contributed by atoms with Gasteiger partial charge in [-0.3, -0.25) is 0 Å². The first-order valence-corrected chi connectivity index (χ1v) is 10.1. The van der Waals surface area contributed by atoms with Crippen molar-refractivity contribution in [2.24, 2.45) is 5.92 Å². The van der Waals surface area contributed by atoms with Gasteiger partial charge in [0.2, 0.25) is 0 Å². The van der Waals surface area contributed by atoms with Gasteiger partial charge in [0.15, 0.2) is 0 Å². The summed E-state index contributed by atoms with van der Waals surface area (Å²) in [5, 5.41) is 3.38. The third kappa shape index (κ3) is 5.70. The van der Waals surface area contributed by atoms with Crippen LogP contribution in [0, 0.1) is 12.8 Å². The number of benzene rings is 2. The number of halogens is 1. The molecule has 0 bridgehead atoms. The van der Waals surface area contributed by atoms with Gasteiger partial charge < -0.3 is 9.47 Å². The third-order valence-electron chi connectivity index (χ3n) is 3.95. The van der Waals surface area contributed by atoms with Gasteiger partial charge in [-0.1, -0.05) is 60.3 Å². The van der Waals surface area contributed by atoms with Gasteiger partial charge in [0, 0.05) is 16.1 Å². The van der Waals surface area contributed by atoms with E-state index in [2.05, 4.69) is 61.0 Å². The van der Waals surface area contributed by atoms with Crippen molar-refractivity contribution in [3.63, 3.8) is 0 Å². The van der Waals surface area contributed by atoms with E-state index in [0.717, 1.165) is 47.2 Å². The summed E-state index contributed by atoms with van der Waals surface area (Å²) in [5.74, 6) is 2.43. The maximum absolute atomic E-state index is 6.07. The first kappa shape index (κ1) is 19.1. The number of unbranched alkanes of at least 4 members (excludes halogenated alkanes) is 3. The lowest BCUT2D eigenvalue weighted by Gasteiger charge is -2.15. The highest BCUT2D eigenvalue weighted by Crippen LogP contribution is 2.34. The number of aryl methyl sites for hydroxylation is 1. The minimum absolute atomic E-state index is 0.515. The summed E-state index contributed by atoms with van der Waals surface area (Å²) in [6.07, 6.45) is 4.82. The second kappa shape index (κ2) is 9.93. The van der Waals surface area contributed by atoms with Crippen LogP contribution in [0.25, 0.3) is 10.8 Å². The SMILES string of the molecule is Cc1ccc2c(OCC(C)C)ccc(OCCCCCCBr)c2c1. The van der Waals surface area contributed by atoms with E-state index in [4.69, 9.17) is 9.47 Å². The molecule has 0 saturated carbocycles. The Kier molecular flexibility index (Phi) is 7.90. The zero-order valence-corrected chi connectivity index (χ0v) is 16.7. The van der Waals surface area contributed by atoms with Gasteiger partial charge in [-0.2, -0.15) is 0 Å². The van der Waals surface area contributed by atoms with Crippen molar-refractivity contribution in [1.82, 2.24) is 0 Å². The Morgan fingerprint density at radius 1 is 0.875 bits per heavy atom. The smallest absolute Gasteiger partial charge is 0.127 e. The van der Waals surface area contributed by atoms with Crippen LogP contribution in [0.1, 0.15) is 45.1 Å². The van der Waals surface area contributed by atoms with Crippen LogP contribution in [0.15, 0.2) is 30.3 Å².